The number of anilines is 1. The topological polar surface area (TPSA) is 91.3 Å². The maximum Gasteiger partial charge on any atom is 0.222 e. The van der Waals surface area contributed by atoms with E-state index in [1.165, 1.54) is 5.56 Å². The quantitative estimate of drug-likeness (QED) is 0.623. The molecular formula is C23H32N6O2. The van der Waals surface area contributed by atoms with E-state index in [1.807, 2.05) is 20.0 Å². The van der Waals surface area contributed by atoms with E-state index in [0.717, 1.165) is 85.0 Å². The molecule has 1 aliphatic rings. The predicted octanol–water partition coefficient (Wildman–Crippen LogP) is 2.66. The van der Waals surface area contributed by atoms with E-state index in [2.05, 4.69) is 37.5 Å². The van der Waals surface area contributed by atoms with E-state index in [1.54, 1.807) is 7.11 Å². The van der Waals surface area contributed by atoms with Gasteiger partial charge in [-0.3, -0.25) is 9.88 Å². The SMILES string of the molecule is COc1c(C)ncc(Cn2cc(CCCN3CCOCC3)c3c(C)nc(N)nc32)c1C. The average Bonchev–Trinajstić information content (AvgIpc) is 3.09. The number of nitrogen functional groups attached to an aromatic ring is 1. The lowest BCUT2D eigenvalue weighted by molar-refractivity contribution is 0.0375. The van der Waals surface area contributed by atoms with Gasteiger partial charge in [-0.15, -0.1) is 0 Å². The number of hydrogen-bond acceptors (Lipinski definition) is 7. The van der Waals surface area contributed by atoms with E-state index in [-0.39, 0.29) is 0 Å². The molecule has 31 heavy (non-hydrogen) atoms. The molecule has 0 aliphatic carbocycles. The molecule has 1 saturated heterocycles. The van der Waals surface area contributed by atoms with Crippen LogP contribution in [0.15, 0.2) is 12.4 Å². The smallest absolute Gasteiger partial charge is 0.222 e. The number of hydrogen-bond donors (Lipinski definition) is 1. The molecule has 4 heterocycles. The summed E-state index contributed by atoms with van der Waals surface area (Å²) in [7, 11) is 1.69. The van der Waals surface area contributed by atoms with Crippen LogP contribution in [-0.4, -0.2) is 64.4 Å². The molecule has 0 aromatic carbocycles. The normalized spacial score (nSPS) is 15.0. The number of ether oxygens (including phenoxy) is 2. The molecule has 8 heteroatoms. The Morgan fingerprint density at radius 3 is 2.61 bits per heavy atom. The standard InChI is InChI=1S/C23H32N6O2/c1-15-19(12-25-17(3)21(15)30-4)14-29-13-18(6-5-7-28-8-10-31-11-9-28)20-16(2)26-23(24)27-22(20)29/h12-13H,5-11,14H2,1-4H3,(H2,24,26,27). The number of aromatic nitrogens is 4. The maximum absolute atomic E-state index is 6.00. The molecule has 3 aromatic heterocycles. The lowest BCUT2D eigenvalue weighted by Gasteiger charge is -2.26. The molecule has 1 fully saturated rings. The second-order valence-electron chi connectivity index (χ2n) is 8.23. The van der Waals surface area contributed by atoms with Crippen LogP contribution in [0.4, 0.5) is 5.95 Å². The van der Waals surface area contributed by atoms with Crippen LogP contribution >= 0.6 is 0 Å². The van der Waals surface area contributed by atoms with Gasteiger partial charge >= 0.3 is 0 Å². The Balaban J connectivity index is 1.63. The van der Waals surface area contributed by atoms with Crippen molar-refractivity contribution in [2.45, 2.75) is 40.2 Å². The highest BCUT2D eigenvalue weighted by molar-refractivity contribution is 5.84. The van der Waals surface area contributed by atoms with Crippen molar-refractivity contribution in [3.8, 4) is 5.75 Å². The fourth-order valence-electron chi connectivity index (χ4n) is 4.50. The van der Waals surface area contributed by atoms with Crippen molar-refractivity contribution in [2.75, 3.05) is 45.7 Å². The molecule has 166 valence electrons. The lowest BCUT2D eigenvalue weighted by Crippen LogP contribution is -2.36. The lowest BCUT2D eigenvalue weighted by atomic mass is 10.1. The van der Waals surface area contributed by atoms with E-state index in [9.17, 15) is 0 Å². The molecule has 0 amide bonds. The Labute approximate surface area is 183 Å². The minimum atomic E-state index is 0.306. The van der Waals surface area contributed by atoms with Gasteiger partial charge in [-0.2, -0.15) is 4.98 Å². The molecule has 1 aliphatic heterocycles. The van der Waals surface area contributed by atoms with Gasteiger partial charge in [0, 0.05) is 30.9 Å². The zero-order chi connectivity index (χ0) is 22.0. The van der Waals surface area contributed by atoms with Crippen molar-refractivity contribution < 1.29 is 9.47 Å². The monoisotopic (exact) mass is 424 g/mol. The predicted molar refractivity (Wildman–Crippen MR) is 122 cm³/mol. The van der Waals surface area contributed by atoms with Crippen molar-refractivity contribution in [3.05, 3.63) is 40.5 Å². The summed E-state index contributed by atoms with van der Waals surface area (Å²) in [5.41, 5.74) is 12.2. The number of aryl methyl sites for hydroxylation is 3. The van der Waals surface area contributed by atoms with Crippen molar-refractivity contribution in [1.29, 1.82) is 0 Å². The molecule has 0 spiro atoms. The first-order chi connectivity index (χ1) is 15.0. The van der Waals surface area contributed by atoms with Gasteiger partial charge in [0.05, 0.1) is 38.3 Å². The Kier molecular flexibility index (Phi) is 6.38. The molecule has 2 N–H and O–H groups in total. The van der Waals surface area contributed by atoms with Crippen LogP contribution in [0.1, 0.15) is 34.5 Å². The molecule has 8 nitrogen and oxygen atoms in total. The third kappa shape index (κ3) is 4.50. The fourth-order valence-corrected chi connectivity index (χ4v) is 4.50. The number of methoxy groups -OCH3 is 1. The van der Waals surface area contributed by atoms with Crippen LogP contribution in [0.3, 0.4) is 0 Å². The highest BCUT2D eigenvalue weighted by Crippen LogP contribution is 2.28. The highest BCUT2D eigenvalue weighted by Gasteiger charge is 2.17. The van der Waals surface area contributed by atoms with Crippen LogP contribution in [0.2, 0.25) is 0 Å². The summed E-state index contributed by atoms with van der Waals surface area (Å²) in [4.78, 5) is 16.0. The van der Waals surface area contributed by atoms with Crippen molar-refractivity contribution >= 4 is 17.0 Å². The van der Waals surface area contributed by atoms with Gasteiger partial charge in [-0.25, -0.2) is 4.98 Å². The van der Waals surface area contributed by atoms with Crippen LogP contribution in [-0.2, 0) is 17.7 Å². The summed E-state index contributed by atoms with van der Waals surface area (Å²) in [6.45, 7) is 11.5. The Hall–Kier alpha value is -2.71. The van der Waals surface area contributed by atoms with E-state index in [0.29, 0.717) is 12.5 Å². The van der Waals surface area contributed by atoms with Gasteiger partial charge in [0.1, 0.15) is 11.4 Å². The Morgan fingerprint density at radius 1 is 1.10 bits per heavy atom. The molecule has 0 unspecified atom stereocenters. The van der Waals surface area contributed by atoms with E-state index >= 15 is 0 Å². The van der Waals surface area contributed by atoms with Gasteiger partial charge in [-0.05, 0) is 56.8 Å². The van der Waals surface area contributed by atoms with Crippen molar-refractivity contribution in [2.24, 2.45) is 0 Å². The van der Waals surface area contributed by atoms with Gasteiger partial charge in [0.2, 0.25) is 5.95 Å². The average molecular weight is 425 g/mol. The largest absolute Gasteiger partial charge is 0.495 e. The van der Waals surface area contributed by atoms with Crippen LogP contribution < -0.4 is 10.5 Å². The second-order valence-corrected chi connectivity index (χ2v) is 8.23. The summed E-state index contributed by atoms with van der Waals surface area (Å²) < 4.78 is 13.2. The maximum atomic E-state index is 6.00. The molecule has 0 bridgehead atoms. The zero-order valence-corrected chi connectivity index (χ0v) is 18.9. The third-order valence-corrected chi connectivity index (χ3v) is 6.13. The highest BCUT2D eigenvalue weighted by atomic mass is 16.5. The van der Waals surface area contributed by atoms with Crippen molar-refractivity contribution in [1.82, 2.24) is 24.4 Å². The first kappa shape index (κ1) is 21.5. The summed E-state index contributed by atoms with van der Waals surface area (Å²) in [5.74, 6) is 1.14. The molecule has 0 atom stereocenters. The van der Waals surface area contributed by atoms with Gasteiger partial charge in [0.15, 0.2) is 0 Å². The molecule has 4 rings (SSSR count). The van der Waals surface area contributed by atoms with Crippen LogP contribution in [0.5, 0.6) is 5.75 Å². The van der Waals surface area contributed by atoms with Gasteiger partial charge < -0.3 is 19.8 Å². The Morgan fingerprint density at radius 2 is 1.87 bits per heavy atom. The summed E-state index contributed by atoms with van der Waals surface area (Å²) in [6, 6.07) is 0. The number of morpholine rings is 1. The molecule has 0 radical (unpaired) electrons. The number of pyridine rings is 1. The van der Waals surface area contributed by atoms with E-state index in [4.69, 9.17) is 15.2 Å². The second kappa shape index (κ2) is 9.20. The van der Waals surface area contributed by atoms with Crippen molar-refractivity contribution in [3.63, 3.8) is 0 Å². The van der Waals surface area contributed by atoms with Crippen LogP contribution in [0.25, 0.3) is 11.0 Å². The van der Waals surface area contributed by atoms with Crippen LogP contribution in [0, 0.1) is 20.8 Å². The number of fused-ring (bicyclic) bond motifs is 1. The summed E-state index contributed by atoms with van der Waals surface area (Å²) >= 11 is 0. The number of nitrogens with two attached hydrogens (primary N) is 1. The first-order valence-corrected chi connectivity index (χ1v) is 10.9. The molecule has 3 aromatic rings. The minimum absolute atomic E-state index is 0.306. The zero-order valence-electron chi connectivity index (χ0n) is 18.9. The summed E-state index contributed by atoms with van der Waals surface area (Å²) in [6.07, 6.45) is 6.19. The fraction of sp³-hybridized carbons (Fsp3) is 0.522. The van der Waals surface area contributed by atoms with Gasteiger partial charge in [0.25, 0.3) is 0 Å². The van der Waals surface area contributed by atoms with E-state index < -0.39 is 0 Å². The first-order valence-electron chi connectivity index (χ1n) is 10.9. The minimum Gasteiger partial charge on any atom is -0.495 e. The molecule has 0 saturated carbocycles. The third-order valence-electron chi connectivity index (χ3n) is 6.13. The van der Waals surface area contributed by atoms with Gasteiger partial charge in [-0.1, -0.05) is 0 Å². The number of rotatable bonds is 7. The molecular weight excluding hydrogens is 392 g/mol. The Bertz CT molecular complexity index is 1070. The summed E-state index contributed by atoms with van der Waals surface area (Å²) in [5, 5.41) is 1.11. The number of nitrogens with zero attached hydrogens (tertiary/aromatic N) is 5.